The fraction of sp³-hybridized carbons (Fsp3) is 0.450. The summed E-state index contributed by atoms with van der Waals surface area (Å²) in [6, 6.07) is 3.49. The van der Waals surface area contributed by atoms with Crippen molar-refractivity contribution in [3.05, 3.63) is 29.3 Å². The molecule has 1 unspecified atom stereocenters. The van der Waals surface area contributed by atoms with E-state index in [4.69, 9.17) is 9.47 Å². The van der Waals surface area contributed by atoms with E-state index in [1.165, 1.54) is 25.1 Å². The van der Waals surface area contributed by atoms with E-state index < -0.39 is 47.7 Å². The summed E-state index contributed by atoms with van der Waals surface area (Å²) in [5, 5.41) is 4.67. The van der Waals surface area contributed by atoms with Crippen LogP contribution in [0.5, 0.6) is 5.75 Å². The number of imide groups is 1. The van der Waals surface area contributed by atoms with Gasteiger partial charge in [0.25, 0.3) is 5.91 Å². The molecular formula is C20H24N2O7. The number of rotatable bonds is 6. The van der Waals surface area contributed by atoms with Gasteiger partial charge < -0.3 is 14.8 Å². The van der Waals surface area contributed by atoms with Crippen LogP contribution >= 0.6 is 0 Å². The number of amides is 3. The predicted octanol–water partition coefficient (Wildman–Crippen LogP) is 1.14. The molecule has 0 saturated carbocycles. The zero-order chi connectivity index (χ0) is 21.8. The average Bonchev–Trinajstić information content (AvgIpc) is 2.60. The summed E-state index contributed by atoms with van der Waals surface area (Å²) >= 11 is 0. The van der Waals surface area contributed by atoms with E-state index in [2.05, 4.69) is 10.6 Å². The summed E-state index contributed by atoms with van der Waals surface area (Å²) in [5.74, 6) is -2.67. The van der Waals surface area contributed by atoms with Gasteiger partial charge in [0, 0.05) is 6.42 Å². The Hall–Kier alpha value is -3.23. The number of hydrogen-bond acceptors (Lipinski definition) is 7. The molecule has 1 aromatic rings. The summed E-state index contributed by atoms with van der Waals surface area (Å²) < 4.78 is 10.6. The Balaban J connectivity index is 2.18. The Kier molecular flexibility index (Phi) is 6.73. The maximum Gasteiger partial charge on any atom is 0.344 e. The normalized spacial score (nSPS) is 16.6. The first kappa shape index (κ1) is 22.1. The van der Waals surface area contributed by atoms with Crippen molar-refractivity contribution >= 4 is 29.5 Å². The first-order valence-corrected chi connectivity index (χ1v) is 9.11. The molecule has 9 nitrogen and oxygen atoms in total. The van der Waals surface area contributed by atoms with Crippen LogP contribution in [0.15, 0.2) is 18.2 Å². The molecule has 9 heteroatoms. The summed E-state index contributed by atoms with van der Waals surface area (Å²) in [5.41, 5.74) is -0.696. The standard InChI is InChI=1S/C20H24N2O7/c1-11(23)17-12(18(26)21-13-8-9-15(24)22-19(13)27)6-5-7-14(17)28-10-16(25)29-20(2,3)4/h5-7,13H,8-10H2,1-4H3,(H,21,26)(H,22,24,27). The van der Waals surface area contributed by atoms with Gasteiger partial charge in [0.2, 0.25) is 11.8 Å². The van der Waals surface area contributed by atoms with Gasteiger partial charge in [0.1, 0.15) is 17.4 Å². The van der Waals surface area contributed by atoms with E-state index in [1.807, 2.05) is 0 Å². The van der Waals surface area contributed by atoms with Crippen LogP contribution in [0.4, 0.5) is 0 Å². The van der Waals surface area contributed by atoms with Gasteiger partial charge in [-0.2, -0.15) is 0 Å². The smallest absolute Gasteiger partial charge is 0.344 e. The summed E-state index contributed by atoms with van der Waals surface area (Å²) in [6.45, 7) is 5.97. The van der Waals surface area contributed by atoms with Crippen LogP contribution in [0.25, 0.3) is 0 Å². The molecule has 29 heavy (non-hydrogen) atoms. The highest BCUT2D eigenvalue weighted by atomic mass is 16.6. The van der Waals surface area contributed by atoms with Gasteiger partial charge >= 0.3 is 5.97 Å². The Morgan fingerprint density at radius 2 is 1.90 bits per heavy atom. The van der Waals surface area contributed by atoms with Gasteiger partial charge in [-0.1, -0.05) is 6.07 Å². The zero-order valence-electron chi connectivity index (χ0n) is 16.8. The topological polar surface area (TPSA) is 128 Å². The molecule has 1 fully saturated rings. The molecule has 0 bridgehead atoms. The largest absolute Gasteiger partial charge is 0.481 e. The van der Waals surface area contributed by atoms with Crippen molar-refractivity contribution in [1.82, 2.24) is 10.6 Å². The van der Waals surface area contributed by atoms with Crippen LogP contribution < -0.4 is 15.4 Å². The summed E-state index contributed by atoms with van der Waals surface area (Å²) in [4.78, 5) is 59.8. The Bertz CT molecular complexity index is 855. The number of carbonyl (C=O) groups is 5. The number of nitrogens with one attached hydrogen (secondary N) is 2. The quantitative estimate of drug-likeness (QED) is 0.413. The fourth-order valence-electron chi connectivity index (χ4n) is 2.78. The molecule has 0 spiro atoms. The SMILES string of the molecule is CC(=O)c1c(OCC(=O)OC(C)(C)C)cccc1C(=O)NC1CCC(=O)NC1=O. The van der Waals surface area contributed by atoms with Crippen molar-refractivity contribution in [2.75, 3.05) is 6.61 Å². The monoisotopic (exact) mass is 404 g/mol. The molecule has 1 aromatic carbocycles. The van der Waals surface area contributed by atoms with Gasteiger partial charge in [-0.15, -0.1) is 0 Å². The minimum absolute atomic E-state index is 0.00360. The third-order valence-corrected chi connectivity index (χ3v) is 3.93. The molecule has 0 aromatic heterocycles. The van der Waals surface area contributed by atoms with Gasteiger partial charge in [0.05, 0.1) is 11.1 Å². The lowest BCUT2D eigenvalue weighted by Gasteiger charge is -2.22. The molecule has 1 aliphatic rings. The first-order valence-electron chi connectivity index (χ1n) is 9.11. The molecule has 2 N–H and O–H groups in total. The van der Waals surface area contributed by atoms with Crippen LogP contribution in [-0.2, 0) is 19.1 Å². The molecule has 0 radical (unpaired) electrons. The van der Waals surface area contributed by atoms with E-state index in [0.717, 1.165) is 0 Å². The highest BCUT2D eigenvalue weighted by Crippen LogP contribution is 2.24. The first-order chi connectivity index (χ1) is 13.5. The number of carbonyl (C=O) groups excluding carboxylic acids is 5. The molecule has 3 amide bonds. The molecular weight excluding hydrogens is 380 g/mol. The molecule has 1 atom stereocenters. The number of benzene rings is 1. The lowest BCUT2D eigenvalue weighted by molar-refractivity contribution is -0.157. The number of hydrogen-bond donors (Lipinski definition) is 2. The number of esters is 1. The second-order valence-electron chi connectivity index (χ2n) is 7.59. The van der Waals surface area contributed by atoms with Crippen molar-refractivity contribution in [2.24, 2.45) is 0 Å². The molecule has 1 saturated heterocycles. The van der Waals surface area contributed by atoms with Crippen molar-refractivity contribution in [2.45, 2.75) is 52.2 Å². The highest BCUT2D eigenvalue weighted by molar-refractivity contribution is 6.10. The molecule has 2 rings (SSSR count). The van der Waals surface area contributed by atoms with E-state index >= 15 is 0 Å². The average molecular weight is 404 g/mol. The zero-order valence-corrected chi connectivity index (χ0v) is 16.8. The third-order valence-electron chi connectivity index (χ3n) is 3.93. The van der Waals surface area contributed by atoms with E-state index in [-0.39, 0.29) is 29.7 Å². The number of piperidine rings is 1. The Labute approximate surface area is 168 Å². The minimum atomic E-state index is -0.883. The van der Waals surface area contributed by atoms with Crippen molar-refractivity contribution in [1.29, 1.82) is 0 Å². The summed E-state index contributed by atoms with van der Waals surface area (Å²) in [6.07, 6.45) is 0.274. The number of Topliss-reactive ketones (excluding diaryl/α,β-unsaturated/α-hetero) is 1. The van der Waals surface area contributed by atoms with Gasteiger partial charge in [-0.25, -0.2) is 4.79 Å². The third kappa shape index (κ3) is 6.13. The maximum atomic E-state index is 12.7. The minimum Gasteiger partial charge on any atom is -0.481 e. The lowest BCUT2D eigenvalue weighted by atomic mass is 10.0. The second-order valence-corrected chi connectivity index (χ2v) is 7.59. The van der Waals surface area contributed by atoms with Crippen molar-refractivity contribution in [3.63, 3.8) is 0 Å². The predicted molar refractivity (Wildman–Crippen MR) is 101 cm³/mol. The van der Waals surface area contributed by atoms with Crippen LogP contribution in [0.2, 0.25) is 0 Å². The van der Waals surface area contributed by atoms with Gasteiger partial charge in [-0.05, 0) is 46.2 Å². The van der Waals surface area contributed by atoms with Crippen LogP contribution in [-0.4, -0.2) is 47.7 Å². The van der Waals surface area contributed by atoms with Crippen LogP contribution in [0.3, 0.4) is 0 Å². The summed E-state index contributed by atoms with van der Waals surface area (Å²) in [7, 11) is 0. The van der Waals surface area contributed by atoms with E-state index in [9.17, 15) is 24.0 Å². The molecule has 1 heterocycles. The lowest BCUT2D eigenvalue weighted by Crippen LogP contribution is -2.52. The maximum absolute atomic E-state index is 12.7. The van der Waals surface area contributed by atoms with E-state index in [1.54, 1.807) is 20.8 Å². The van der Waals surface area contributed by atoms with Gasteiger partial charge in [-0.3, -0.25) is 24.5 Å². The highest BCUT2D eigenvalue weighted by Gasteiger charge is 2.29. The van der Waals surface area contributed by atoms with E-state index in [0.29, 0.717) is 0 Å². The fourth-order valence-corrected chi connectivity index (χ4v) is 2.78. The number of ketones is 1. The second kappa shape index (κ2) is 8.85. The Morgan fingerprint density at radius 3 is 2.48 bits per heavy atom. The number of ether oxygens (including phenoxy) is 2. The Morgan fingerprint density at radius 1 is 1.21 bits per heavy atom. The molecule has 0 aliphatic carbocycles. The van der Waals surface area contributed by atoms with Crippen molar-refractivity contribution in [3.8, 4) is 5.75 Å². The van der Waals surface area contributed by atoms with Gasteiger partial charge in [0.15, 0.2) is 12.4 Å². The molecule has 156 valence electrons. The van der Waals surface area contributed by atoms with Crippen LogP contribution in [0, 0.1) is 0 Å². The van der Waals surface area contributed by atoms with Crippen LogP contribution in [0.1, 0.15) is 61.3 Å². The molecule has 1 aliphatic heterocycles. The van der Waals surface area contributed by atoms with Crippen molar-refractivity contribution < 1.29 is 33.4 Å².